The molecule has 0 saturated carbocycles. The number of nitrogens with two attached hydrogens (primary N) is 1. The summed E-state index contributed by atoms with van der Waals surface area (Å²) in [5.74, 6) is -0.0440. The van der Waals surface area contributed by atoms with Gasteiger partial charge >= 0.3 is 0 Å². The molecule has 88 valence electrons. The standard InChI is InChI=1S/C7H8N8OS/c1-15-7(11-13-14-15)17-6-4(5(8)12-16)2-3-9-10-6/h2-3,16H,1H3,(H2,8,12). The molecule has 0 unspecified atom stereocenters. The van der Waals surface area contributed by atoms with E-state index in [1.54, 1.807) is 13.1 Å². The van der Waals surface area contributed by atoms with Crippen LogP contribution < -0.4 is 5.73 Å². The fraction of sp³-hybridized carbons (Fsp3) is 0.143. The first kappa shape index (κ1) is 11.3. The topological polar surface area (TPSA) is 128 Å². The van der Waals surface area contributed by atoms with Crippen molar-refractivity contribution in [2.75, 3.05) is 0 Å². The van der Waals surface area contributed by atoms with Crippen molar-refractivity contribution in [1.29, 1.82) is 0 Å². The molecule has 2 aromatic rings. The summed E-state index contributed by atoms with van der Waals surface area (Å²) in [4.78, 5) is 0. The van der Waals surface area contributed by atoms with E-state index >= 15 is 0 Å². The highest BCUT2D eigenvalue weighted by Crippen LogP contribution is 2.25. The Hall–Kier alpha value is -2.23. The van der Waals surface area contributed by atoms with E-state index in [9.17, 15) is 0 Å². The highest BCUT2D eigenvalue weighted by atomic mass is 32.2. The van der Waals surface area contributed by atoms with E-state index in [0.717, 1.165) is 0 Å². The van der Waals surface area contributed by atoms with Gasteiger partial charge in [0.05, 0.1) is 11.8 Å². The SMILES string of the molecule is Cn1nnnc1Sc1nnccc1/C(N)=N/O. The minimum Gasteiger partial charge on any atom is -0.409 e. The molecule has 2 aromatic heterocycles. The summed E-state index contributed by atoms with van der Waals surface area (Å²) in [7, 11) is 1.70. The second-order valence-electron chi connectivity index (χ2n) is 2.92. The molecule has 3 N–H and O–H groups in total. The molecule has 0 spiro atoms. The summed E-state index contributed by atoms with van der Waals surface area (Å²) >= 11 is 1.17. The van der Waals surface area contributed by atoms with Crippen LogP contribution in [0.15, 0.2) is 27.6 Å². The number of amidine groups is 1. The minimum atomic E-state index is -0.0440. The van der Waals surface area contributed by atoms with Crippen LogP contribution in [0.4, 0.5) is 0 Å². The molecular formula is C7H8N8OS. The second-order valence-corrected chi connectivity index (χ2v) is 3.88. The number of oxime groups is 1. The first-order valence-electron chi connectivity index (χ1n) is 4.42. The molecule has 10 heteroatoms. The summed E-state index contributed by atoms with van der Waals surface area (Å²) in [6, 6.07) is 1.59. The number of hydrogen-bond donors (Lipinski definition) is 2. The first-order chi connectivity index (χ1) is 8.22. The zero-order valence-corrected chi connectivity index (χ0v) is 9.53. The number of tetrazole rings is 1. The van der Waals surface area contributed by atoms with Crippen LogP contribution in [0.3, 0.4) is 0 Å². The van der Waals surface area contributed by atoms with Crippen molar-refractivity contribution in [2.24, 2.45) is 17.9 Å². The van der Waals surface area contributed by atoms with E-state index in [4.69, 9.17) is 10.9 Å². The molecule has 0 aromatic carbocycles. The van der Waals surface area contributed by atoms with Crippen molar-refractivity contribution >= 4 is 17.6 Å². The molecule has 0 saturated heterocycles. The zero-order chi connectivity index (χ0) is 12.3. The maximum absolute atomic E-state index is 8.65. The molecule has 2 rings (SSSR count). The highest BCUT2D eigenvalue weighted by molar-refractivity contribution is 7.99. The molecule has 0 radical (unpaired) electrons. The number of hydrogen-bond acceptors (Lipinski definition) is 8. The molecule has 0 aliphatic carbocycles. The normalized spacial score (nSPS) is 11.7. The average Bonchev–Trinajstić information content (AvgIpc) is 2.75. The molecule has 17 heavy (non-hydrogen) atoms. The van der Waals surface area contributed by atoms with Gasteiger partial charge in [-0.15, -0.1) is 10.2 Å². The Labute approximate surface area is 99.7 Å². The predicted molar refractivity (Wildman–Crippen MR) is 57.5 cm³/mol. The fourth-order valence-corrected chi connectivity index (χ4v) is 1.83. The van der Waals surface area contributed by atoms with Gasteiger partial charge in [0.15, 0.2) is 5.84 Å². The first-order valence-corrected chi connectivity index (χ1v) is 5.24. The zero-order valence-electron chi connectivity index (χ0n) is 8.72. The number of rotatable bonds is 3. The van der Waals surface area contributed by atoms with E-state index < -0.39 is 0 Å². The minimum absolute atomic E-state index is 0.0440. The monoisotopic (exact) mass is 252 g/mol. The van der Waals surface area contributed by atoms with Gasteiger partial charge in [-0.1, -0.05) is 5.16 Å². The van der Waals surface area contributed by atoms with Gasteiger partial charge in [0, 0.05) is 7.05 Å². The lowest BCUT2D eigenvalue weighted by molar-refractivity contribution is 0.318. The van der Waals surface area contributed by atoms with Crippen molar-refractivity contribution in [3.05, 3.63) is 17.8 Å². The van der Waals surface area contributed by atoms with E-state index in [0.29, 0.717) is 15.7 Å². The number of aromatic nitrogens is 6. The van der Waals surface area contributed by atoms with Gasteiger partial charge in [0.2, 0.25) is 5.16 Å². The quantitative estimate of drug-likeness (QED) is 0.316. The van der Waals surface area contributed by atoms with Gasteiger partial charge in [-0.2, -0.15) is 5.10 Å². The predicted octanol–water partition coefficient (Wildman–Crippen LogP) is -0.754. The van der Waals surface area contributed by atoms with Gasteiger partial charge in [0.1, 0.15) is 5.03 Å². The van der Waals surface area contributed by atoms with Gasteiger partial charge < -0.3 is 10.9 Å². The van der Waals surface area contributed by atoms with Crippen molar-refractivity contribution < 1.29 is 5.21 Å². The van der Waals surface area contributed by atoms with Crippen molar-refractivity contribution in [3.63, 3.8) is 0 Å². The summed E-state index contributed by atoms with van der Waals surface area (Å²) in [6.45, 7) is 0. The second kappa shape index (κ2) is 4.74. The van der Waals surface area contributed by atoms with Gasteiger partial charge in [-0.05, 0) is 28.3 Å². The third-order valence-corrected chi connectivity index (χ3v) is 2.86. The van der Waals surface area contributed by atoms with Crippen molar-refractivity contribution in [2.45, 2.75) is 10.2 Å². The third kappa shape index (κ3) is 2.30. The third-order valence-electron chi connectivity index (χ3n) is 1.84. The maximum atomic E-state index is 8.65. The molecule has 9 nitrogen and oxygen atoms in total. The molecule has 0 bridgehead atoms. The molecule has 2 heterocycles. The van der Waals surface area contributed by atoms with E-state index in [1.165, 1.54) is 22.6 Å². The Morgan fingerprint density at radius 1 is 1.53 bits per heavy atom. The Kier molecular flexibility index (Phi) is 3.14. The molecule has 0 aliphatic heterocycles. The molecule has 0 aliphatic rings. The molecular weight excluding hydrogens is 244 g/mol. The Morgan fingerprint density at radius 3 is 3.00 bits per heavy atom. The summed E-state index contributed by atoms with van der Waals surface area (Å²) in [5.41, 5.74) is 5.99. The Morgan fingerprint density at radius 2 is 2.35 bits per heavy atom. The largest absolute Gasteiger partial charge is 0.409 e. The lowest BCUT2D eigenvalue weighted by Crippen LogP contribution is -2.15. The Bertz CT molecular complexity index is 552. The smallest absolute Gasteiger partial charge is 0.215 e. The van der Waals surface area contributed by atoms with Crippen LogP contribution in [0, 0.1) is 0 Å². The highest BCUT2D eigenvalue weighted by Gasteiger charge is 2.13. The van der Waals surface area contributed by atoms with E-state index in [1.807, 2.05) is 0 Å². The van der Waals surface area contributed by atoms with Crippen molar-refractivity contribution in [3.8, 4) is 0 Å². The lowest BCUT2D eigenvalue weighted by atomic mass is 10.3. The summed E-state index contributed by atoms with van der Waals surface area (Å²) in [5, 5.41) is 31.2. The van der Waals surface area contributed by atoms with Gasteiger partial charge in [-0.25, -0.2) is 4.68 Å². The van der Waals surface area contributed by atoms with Gasteiger partial charge in [0.25, 0.3) is 0 Å². The summed E-state index contributed by atoms with van der Waals surface area (Å²) in [6.07, 6.45) is 1.45. The van der Waals surface area contributed by atoms with Crippen LogP contribution in [-0.4, -0.2) is 41.4 Å². The maximum Gasteiger partial charge on any atom is 0.215 e. The summed E-state index contributed by atoms with van der Waals surface area (Å²) < 4.78 is 1.48. The number of aryl methyl sites for hydroxylation is 1. The Balaban J connectivity index is 2.36. The van der Waals surface area contributed by atoms with Crippen LogP contribution in [-0.2, 0) is 7.05 Å². The van der Waals surface area contributed by atoms with Crippen LogP contribution in [0.25, 0.3) is 0 Å². The molecule has 0 fully saturated rings. The van der Waals surface area contributed by atoms with E-state index in [2.05, 4.69) is 30.9 Å². The van der Waals surface area contributed by atoms with E-state index in [-0.39, 0.29) is 5.84 Å². The van der Waals surface area contributed by atoms with Crippen LogP contribution in [0.1, 0.15) is 5.56 Å². The van der Waals surface area contributed by atoms with Crippen molar-refractivity contribution in [1.82, 2.24) is 30.4 Å². The molecule has 0 atom stereocenters. The van der Waals surface area contributed by atoms with Crippen LogP contribution in [0.5, 0.6) is 0 Å². The average molecular weight is 252 g/mol. The molecule has 0 amide bonds. The number of nitrogens with zero attached hydrogens (tertiary/aromatic N) is 7. The van der Waals surface area contributed by atoms with Crippen LogP contribution >= 0.6 is 11.8 Å². The van der Waals surface area contributed by atoms with Crippen LogP contribution in [0.2, 0.25) is 0 Å². The lowest BCUT2D eigenvalue weighted by Gasteiger charge is -2.03. The fourth-order valence-electron chi connectivity index (χ4n) is 1.04. The van der Waals surface area contributed by atoms with Gasteiger partial charge in [-0.3, -0.25) is 0 Å².